The van der Waals surface area contributed by atoms with Gasteiger partial charge in [-0.15, -0.1) is 0 Å². The van der Waals surface area contributed by atoms with Gasteiger partial charge in [-0.25, -0.2) is 5.43 Å². The van der Waals surface area contributed by atoms with Crippen molar-refractivity contribution in [3.8, 4) is 17.2 Å². The molecule has 0 bridgehead atoms. The van der Waals surface area contributed by atoms with Crippen molar-refractivity contribution in [1.82, 2.24) is 10.7 Å². The number of hydrogen-bond donors (Lipinski definition) is 2. The van der Waals surface area contributed by atoms with Gasteiger partial charge in [0.1, 0.15) is 5.75 Å². The van der Waals surface area contributed by atoms with Crippen LogP contribution in [0.15, 0.2) is 47.6 Å². The van der Waals surface area contributed by atoms with Crippen LogP contribution in [0.3, 0.4) is 0 Å². The van der Waals surface area contributed by atoms with Gasteiger partial charge in [-0.05, 0) is 36.8 Å². The van der Waals surface area contributed by atoms with Crippen LogP contribution in [-0.2, 0) is 4.79 Å². The molecular formula is C22H27N3O5. The second-order valence-corrected chi connectivity index (χ2v) is 6.29. The number of methoxy groups -OCH3 is 2. The SMILES string of the molecule is CCCCOc1ccccc1/C=N\NC(=O)CNC(=O)c1ccc(OC)c(OC)c1. The summed E-state index contributed by atoms with van der Waals surface area (Å²) < 4.78 is 16.0. The van der Waals surface area contributed by atoms with Crippen LogP contribution in [0.2, 0.25) is 0 Å². The van der Waals surface area contributed by atoms with Crippen molar-refractivity contribution < 1.29 is 23.8 Å². The summed E-state index contributed by atoms with van der Waals surface area (Å²) in [7, 11) is 3.00. The van der Waals surface area contributed by atoms with Crippen molar-refractivity contribution in [1.29, 1.82) is 0 Å². The molecule has 0 saturated heterocycles. The minimum atomic E-state index is -0.454. The molecule has 0 atom stereocenters. The molecule has 0 aromatic heterocycles. The normalized spacial score (nSPS) is 10.5. The van der Waals surface area contributed by atoms with Crippen LogP contribution in [0.1, 0.15) is 35.7 Å². The van der Waals surface area contributed by atoms with Crippen LogP contribution in [-0.4, -0.2) is 45.4 Å². The summed E-state index contributed by atoms with van der Waals surface area (Å²) in [6.45, 7) is 2.49. The molecular weight excluding hydrogens is 386 g/mol. The summed E-state index contributed by atoms with van der Waals surface area (Å²) in [5, 5.41) is 6.47. The summed E-state index contributed by atoms with van der Waals surface area (Å²) >= 11 is 0. The van der Waals surface area contributed by atoms with Gasteiger partial charge in [0.25, 0.3) is 11.8 Å². The third-order valence-corrected chi connectivity index (χ3v) is 4.12. The topological polar surface area (TPSA) is 98.2 Å². The molecule has 2 aromatic rings. The fourth-order valence-corrected chi connectivity index (χ4v) is 2.50. The fourth-order valence-electron chi connectivity index (χ4n) is 2.50. The van der Waals surface area contributed by atoms with E-state index in [4.69, 9.17) is 14.2 Å². The second kappa shape index (κ2) is 12.1. The Morgan fingerprint density at radius 3 is 2.53 bits per heavy atom. The Morgan fingerprint density at radius 1 is 1.03 bits per heavy atom. The maximum atomic E-state index is 12.2. The molecule has 0 aliphatic rings. The van der Waals surface area contributed by atoms with Crippen LogP contribution in [0.4, 0.5) is 0 Å². The van der Waals surface area contributed by atoms with Gasteiger partial charge in [0, 0.05) is 11.1 Å². The van der Waals surface area contributed by atoms with Gasteiger partial charge in [-0.2, -0.15) is 5.10 Å². The van der Waals surface area contributed by atoms with Crippen molar-refractivity contribution in [3.05, 3.63) is 53.6 Å². The molecule has 2 rings (SSSR count). The average molecular weight is 413 g/mol. The first-order valence-electron chi connectivity index (χ1n) is 9.63. The third-order valence-electron chi connectivity index (χ3n) is 4.12. The minimum absolute atomic E-state index is 0.223. The molecule has 0 radical (unpaired) electrons. The fraction of sp³-hybridized carbons (Fsp3) is 0.318. The Bertz CT molecular complexity index is 883. The zero-order valence-electron chi connectivity index (χ0n) is 17.4. The summed E-state index contributed by atoms with van der Waals surface area (Å²) in [4.78, 5) is 24.2. The molecule has 2 aromatic carbocycles. The van der Waals surface area contributed by atoms with Crippen molar-refractivity contribution in [2.45, 2.75) is 19.8 Å². The van der Waals surface area contributed by atoms with Gasteiger partial charge in [0.15, 0.2) is 11.5 Å². The summed E-state index contributed by atoms with van der Waals surface area (Å²) in [5.74, 6) is 0.777. The van der Waals surface area contributed by atoms with E-state index >= 15 is 0 Å². The van der Waals surface area contributed by atoms with Crippen LogP contribution in [0.25, 0.3) is 0 Å². The van der Waals surface area contributed by atoms with E-state index in [0.29, 0.717) is 29.4 Å². The molecule has 0 unspecified atom stereocenters. The minimum Gasteiger partial charge on any atom is -0.493 e. The Morgan fingerprint density at radius 2 is 1.80 bits per heavy atom. The van der Waals surface area contributed by atoms with Gasteiger partial charge in [-0.1, -0.05) is 25.5 Å². The van der Waals surface area contributed by atoms with Gasteiger partial charge in [0.2, 0.25) is 0 Å². The number of hydrogen-bond acceptors (Lipinski definition) is 6. The van der Waals surface area contributed by atoms with Crippen molar-refractivity contribution in [3.63, 3.8) is 0 Å². The summed E-state index contributed by atoms with van der Waals surface area (Å²) in [6, 6.07) is 12.2. The number of benzene rings is 2. The van der Waals surface area contributed by atoms with Crippen molar-refractivity contribution in [2.24, 2.45) is 5.10 Å². The first-order chi connectivity index (χ1) is 14.6. The van der Waals surface area contributed by atoms with Crippen LogP contribution >= 0.6 is 0 Å². The molecule has 0 aliphatic carbocycles. The Balaban J connectivity index is 1.86. The predicted octanol–water partition coefficient (Wildman–Crippen LogP) is 2.76. The van der Waals surface area contributed by atoms with E-state index < -0.39 is 11.8 Å². The lowest BCUT2D eigenvalue weighted by Gasteiger charge is -2.10. The molecule has 0 fully saturated rings. The van der Waals surface area contributed by atoms with Crippen LogP contribution < -0.4 is 25.0 Å². The summed E-state index contributed by atoms with van der Waals surface area (Å²) in [5.41, 5.74) is 3.49. The molecule has 0 heterocycles. The zero-order chi connectivity index (χ0) is 21.8. The molecule has 160 valence electrons. The first-order valence-corrected chi connectivity index (χ1v) is 9.63. The third kappa shape index (κ3) is 6.80. The standard InChI is InChI=1S/C22H27N3O5/c1-4-5-12-30-18-9-7-6-8-17(18)14-24-25-21(26)15-23-22(27)16-10-11-19(28-2)20(13-16)29-3/h6-11,13-14H,4-5,12,15H2,1-3H3,(H,23,27)(H,25,26)/b24-14-. The average Bonchev–Trinajstić information content (AvgIpc) is 2.78. The van der Waals surface area contributed by atoms with E-state index in [0.717, 1.165) is 18.4 Å². The number of nitrogens with one attached hydrogen (secondary N) is 2. The van der Waals surface area contributed by atoms with Crippen molar-refractivity contribution >= 4 is 18.0 Å². The summed E-state index contributed by atoms with van der Waals surface area (Å²) in [6.07, 6.45) is 3.51. The maximum absolute atomic E-state index is 12.2. The largest absolute Gasteiger partial charge is 0.493 e. The van der Waals surface area contributed by atoms with E-state index in [1.807, 2.05) is 24.3 Å². The van der Waals surface area contributed by atoms with E-state index in [1.54, 1.807) is 18.2 Å². The highest BCUT2D eigenvalue weighted by Crippen LogP contribution is 2.27. The van der Waals surface area contributed by atoms with Gasteiger partial charge >= 0.3 is 0 Å². The van der Waals surface area contributed by atoms with Crippen LogP contribution in [0.5, 0.6) is 17.2 Å². The zero-order valence-corrected chi connectivity index (χ0v) is 17.4. The number of unbranched alkanes of at least 4 members (excludes halogenated alkanes) is 1. The predicted molar refractivity (Wildman–Crippen MR) is 114 cm³/mol. The van der Waals surface area contributed by atoms with E-state index in [9.17, 15) is 9.59 Å². The van der Waals surface area contributed by atoms with Gasteiger partial charge in [0.05, 0.1) is 33.6 Å². The highest BCUT2D eigenvalue weighted by atomic mass is 16.5. The molecule has 0 spiro atoms. The van der Waals surface area contributed by atoms with Gasteiger partial charge < -0.3 is 19.5 Å². The number of ether oxygens (including phenoxy) is 3. The lowest BCUT2D eigenvalue weighted by molar-refractivity contribution is -0.120. The lowest BCUT2D eigenvalue weighted by Crippen LogP contribution is -2.34. The molecule has 2 N–H and O–H groups in total. The lowest BCUT2D eigenvalue weighted by atomic mass is 10.2. The molecule has 0 aliphatic heterocycles. The molecule has 8 heteroatoms. The molecule has 8 nitrogen and oxygen atoms in total. The quantitative estimate of drug-likeness (QED) is 0.335. The smallest absolute Gasteiger partial charge is 0.259 e. The number of carbonyl (C=O) groups is 2. The number of hydrazone groups is 1. The number of para-hydroxylation sites is 1. The van der Waals surface area contributed by atoms with E-state index in [-0.39, 0.29) is 6.54 Å². The molecule has 2 amide bonds. The highest BCUT2D eigenvalue weighted by molar-refractivity contribution is 5.97. The van der Waals surface area contributed by atoms with Crippen molar-refractivity contribution in [2.75, 3.05) is 27.4 Å². The number of carbonyl (C=O) groups excluding carboxylic acids is 2. The first kappa shape index (κ1) is 22.7. The van der Waals surface area contributed by atoms with Crippen LogP contribution in [0, 0.1) is 0 Å². The van der Waals surface area contributed by atoms with E-state index in [2.05, 4.69) is 22.8 Å². The van der Waals surface area contributed by atoms with E-state index in [1.165, 1.54) is 20.4 Å². The second-order valence-electron chi connectivity index (χ2n) is 6.29. The Labute approximate surface area is 176 Å². The Hall–Kier alpha value is -3.55. The monoisotopic (exact) mass is 413 g/mol. The molecule has 0 saturated carbocycles. The number of nitrogens with zero attached hydrogens (tertiary/aromatic N) is 1. The number of rotatable bonds is 11. The molecule has 30 heavy (non-hydrogen) atoms. The Kier molecular flexibility index (Phi) is 9.18. The van der Waals surface area contributed by atoms with Gasteiger partial charge in [-0.3, -0.25) is 9.59 Å². The maximum Gasteiger partial charge on any atom is 0.259 e. The highest BCUT2D eigenvalue weighted by Gasteiger charge is 2.11. The number of amides is 2.